The number of nitrogens with zero attached hydrogens (tertiary/aromatic N) is 4. The molecular weight excluding hydrogens is 342 g/mol. The van der Waals surface area contributed by atoms with Gasteiger partial charge in [0.2, 0.25) is 5.91 Å². The maximum Gasteiger partial charge on any atom is 0.338 e. The minimum Gasteiger partial charge on any atom is -0.462 e. The van der Waals surface area contributed by atoms with Crippen LogP contribution in [0.1, 0.15) is 17.3 Å². The largest absolute Gasteiger partial charge is 0.462 e. The molecule has 8 nitrogen and oxygen atoms in total. The molecule has 1 aromatic heterocycles. The van der Waals surface area contributed by atoms with E-state index in [9.17, 15) is 9.59 Å². The highest BCUT2D eigenvalue weighted by molar-refractivity contribution is 9.10. The predicted octanol–water partition coefficient (Wildman–Crippen LogP) is 1.25. The van der Waals surface area contributed by atoms with Crippen LogP contribution in [-0.4, -0.2) is 38.7 Å². The van der Waals surface area contributed by atoms with Gasteiger partial charge in [0, 0.05) is 4.47 Å². The molecular formula is C12H12BrN5O3. The van der Waals surface area contributed by atoms with Crippen LogP contribution in [0.15, 0.2) is 29.0 Å². The van der Waals surface area contributed by atoms with Crippen LogP contribution in [0.4, 0.5) is 5.69 Å². The number of nitrogens with one attached hydrogen (secondary N) is 1. The molecule has 0 bridgehead atoms. The van der Waals surface area contributed by atoms with E-state index in [2.05, 4.69) is 36.8 Å². The third kappa shape index (κ3) is 4.09. The van der Waals surface area contributed by atoms with Crippen LogP contribution >= 0.6 is 15.9 Å². The lowest BCUT2D eigenvalue weighted by Gasteiger charge is -2.09. The van der Waals surface area contributed by atoms with Crippen molar-refractivity contribution in [3.05, 3.63) is 34.6 Å². The van der Waals surface area contributed by atoms with Crippen LogP contribution < -0.4 is 5.32 Å². The smallest absolute Gasteiger partial charge is 0.338 e. The zero-order valence-electron chi connectivity index (χ0n) is 11.1. The second kappa shape index (κ2) is 6.93. The van der Waals surface area contributed by atoms with Crippen LogP contribution in [0.5, 0.6) is 0 Å². The van der Waals surface area contributed by atoms with Gasteiger partial charge in [0.05, 0.1) is 17.9 Å². The molecule has 0 radical (unpaired) electrons. The van der Waals surface area contributed by atoms with Gasteiger partial charge < -0.3 is 10.1 Å². The highest BCUT2D eigenvalue weighted by Gasteiger charge is 2.11. The topological polar surface area (TPSA) is 99.0 Å². The number of hydrogen-bond acceptors (Lipinski definition) is 6. The second-order valence-corrected chi connectivity index (χ2v) is 4.83. The molecule has 0 spiro atoms. The number of benzene rings is 1. The summed E-state index contributed by atoms with van der Waals surface area (Å²) in [5.41, 5.74) is 0.948. The van der Waals surface area contributed by atoms with E-state index in [0.29, 0.717) is 22.3 Å². The lowest BCUT2D eigenvalue weighted by atomic mass is 10.2. The molecule has 0 aliphatic heterocycles. The van der Waals surface area contributed by atoms with Gasteiger partial charge in [-0.3, -0.25) is 4.79 Å². The van der Waals surface area contributed by atoms with Crippen LogP contribution in [0.2, 0.25) is 0 Å². The Kier molecular flexibility index (Phi) is 4.99. The quantitative estimate of drug-likeness (QED) is 0.812. The molecule has 0 saturated heterocycles. The zero-order valence-corrected chi connectivity index (χ0v) is 12.7. The van der Waals surface area contributed by atoms with Gasteiger partial charge in [0.25, 0.3) is 0 Å². The number of carbonyl (C=O) groups excluding carboxylic acids is 2. The minimum absolute atomic E-state index is 0.000925. The van der Waals surface area contributed by atoms with Gasteiger partial charge >= 0.3 is 5.97 Å². The summed E-state index contributed by atoms with van der Waals surface area (Å²) in [7, 11) is 0. The third-order valence-electron chi connectivity index (χ3n) is 2.45. The summed E-state index contributed by atoms with van der Waals surface area (Å²) in [6, 6.07) is 4.79. The molecule has 0 fully saturated rings. The van der Waals surface area contributed by atoms with Gasteiger partial charge in [-0.25, -0.2) is 9.48 Å². The molecule has 0 unspecified atom stereocenters. The molecule has 110 valence electrons. The average molecular weight is 354 g/mol. The number of aromatic nitrogens is 4. The van der Waals surface area contributed by atoms with Crippen molar-refractivity contribution in [3.63, 3.8) is 0 Å². The number of ether oxygens (including phenoxy) is 1. The molecule has 0 atom stereocenters. The Balaban J connectivity index is 2.03. The summed E-state index contributed by atoms with van der Waals surface area (Å²) < 4.78 is 6.78. The van der Waals surface area contributed by atoms with Crippen LogP contribution in [-0.2, 0) is 16.1 Å². The van der Waals surface area contributed by atoms with Crippen LogP contribution in [0.3, 0.4) is 0 Å². The molecule has 0 saturated carbocycles. The van der Waals surface area contributed by atoms with E-state index < -0.39 is 5.97 Å². The monoisotopic (exact) mass is 353 g/mol. The number of tetrazole rings is 1. The van der Waals surface area contributed by atoms with Gasteiger partial charge in [0.1, 0.15) is 12.9 Å². The summed E-state index contributed by atoms with van der Waals surface area (Å²) in [5.74, 6) is -0.698. The van der Waals surface area contributed by atoms with Crippen LogP contribution in [0.25, 0.3) is 0 Å². The number of esters is 1. The molecule has 0 aliphatic rings. The Labute approximate surface area is 128 Å². The summed E-state index contributed by atoms with van der Waals surface area (Å²) in [6.45, 7) is 2.04. The Morgan fingerprint density at radius 1 is 1.43 bits per heavy atom. The van der Waals surface area contributed by atoms with Gasteiger partial charge in [-0.1, -0.05) is 0 Å². The summed E-state index contributed by atoms with van der Waals surface area (Å²) in [6.07, 6.45) is 1.35. The number of halogens is 1. The van der Waals surface area contributed by atoms with E-state index in [0.717, 1.165) is 0 Å². The van der Waals surface area contributed by atoms with Gasteiger partial charge in [0.15, 0.2) is 0 Å². The summed E-state index contributed by atoms with van der Waals surface area (Å²) >= 11 is 3.30. The van der Waals surface area contributed by atoms with Crippen LogP contribution in [0, 0.1) is 0 Å². The number of anilines is 1. The lowest BCUT2D eigenvalue weighted by molar-refractivity contribution is -0.116. The first-order chi connectivity index (χ1) is 10.1. The fourth-order valence-electron chi connectivity index (χ4n) is 1.55. The fraction of sp³-hybridized carbons (Fsp3) is 0.250. The first-order valence-electron chi connectivity index (χ1n) is 6.07. The van der Waals surface area contributed by atoms with Crippen molar-refractivity contribution in [2.45, 2.75) is 13.5 Å². The highest BCUT2D eigenvalue weighted by atomic mass is 79.9. The molecule has 1 aromatic carbocycles. The van der Waals surface area contributed by atoms with E-state index >= 15 is 0 Å². The SMILES string of the molecule is CCOC(=O)c1ccc(NC(=O)Cn2cnnn2)c(Br)c1. The van der Waals surface area contributed by atoms with E-state index in [1.54, 1.807) is 25.1 Å². The Bertz CT molecular complexity index is 644. The third-order valence-corrected chi connectivity index (χ3v) is 3.11. The Morgan fingerprint density at radius 2 is 2.24 bits per heavy atom. The molecule has 21 heavy (non-hydrogen) atoms. The van der Waals surface area contributed by atoms with Crippen molar-refractivity contribution in [1.29, 1.82) is 0 Å². The number of carbonyl (C=O) groups is 2. The van der Waals surface area contributed by atoms with E-state index in [1.165, 1.54) is 11.0 Å². The molecule has 1 N–H and O–H groups in total. The zero-order chi connectivity index (χ0) is 15.2. The van der Waals surface area contributed by atoms with E-state index in [4.69, 9.17) is 4.74 Å². The van der Waals surface area contributed by atoms with Crippen molar-refractivity contribution in [2.75, 3.05) is 11.9 Å². The molecule has 2 aromatic rings. The van der Waals surface area contributed by atoms with Crippen molar-refractivity contribution in [1.82, 2.24) is 20.2 Å². The summed E-state index contributed by atoms with van der Waals surface area (Å²) in [4.78, 5) is 23.4. The standard InChI is InChI=1S/C12H12BrN5O3/c1-2-21-12(20)8-3-4-10(9(13)5-8)15-11(19)6-18-7-14-16-17-18/h3-5,7H,2,6H2,1H3,(H,15,19). The van der Waals surface area contributed by atoms with Crippen molar-refractivity contribution in [3.8, 4) is 0 Å². The normalized spacial score (nSPS) is 10.2. The van der Waals surface area contributed by atoms with E-state index in [-0.39, 0.29) is 12.5 Å². The fourth-order valence-corrected chi connectivity index (χ4v) is 2.03. The van der Waals surface area contributed by atoms with Crippen molar-refractivity contribution >= 4 is 33.5 Å². The first kappa shape index (κ1) is 15.1. The molecule has 1 heterocycles. The van der Waals surface area contributed by atoms with Crippen molar-refractivity contribution in [2.24, 2.45) is 0 Å². The maximum atomic E-state index is 11.8. The number of amides is 1. The second-order valence-electron chi connectivity index (χ2n) is 3.97. The summed E-state index contributed by atoms with van der Waals surface area (Å²) in [5, 5.41) is 13.2. The molecule has 9 heteroatoms. The number of hydrogen-bond donors (Lipinski definition) is 1. The number of rotatable bonds is 5. The average Bonchev–Trinajstić information content (AvgIpc) is 2.94. The first-order valence-corrected chi connectivity index (χ1v) is 6.86. The predicted molar refractivity (Wildman–Crippen MR) is 76.5 cm³/mol. The van der Waals surface area contributed by atoms with Gasteiger partial charge in [-0.05, 0) is 51.5 Å². The molecule has 1 amide bonds. The van der Waals surface area contributed by atoms with Crippen molar-refractivity contribution < 1.29 is 14.3 Å². The minimum atomic E-state index is -0.412. The van der Waals surface area contributed by atoms with E-state index in [1.807, 2.05) is 0 Å². The highest BCUT2D eigenvalue weighted by Crippen LogP contribution is 2.24. The Morgan fingerprint density at radius 3 is 2.86 bits per heavy atom. The van der Waals surface area contributed by atoms with Gasteiger partial charge in [-0.15, -0.1) is 5.10 Å². The molecule has 2 rings (SSSR count). The van der Waals surface area contributed by atoms with Gasteiger partial charge in [-0.2, -0.15) is 0 Å². The Hall–Kier alpha value is -2.29. The molecule has 0 aliphatic carbocycles. The maximum absolute atomic E-state index is 11.8. The lowest BCUT2D eigenvalue weighted by Crippen LogP contribution is -2.19.